The number of carbonyl (C=O) groups is 3. The number of nitrogens with zero attached hydrogens (tertiary/aromatic N) is 1. The predicted octanol–water partition coefficient (Wildman–Crippen LogP) is 3.49. The standard InChI is InChI=1S/C9H7IN2O2.C9H10INO2.C9H11NO2.B11.I2.HI/c1-14-9(13)5-2-6-4-11-12-8(6)7(10)3-5;1-5-3-6(9(12)13-2)4-7(10)8(5)11;1-6-5-7(9(11)12-2)3-4-8(6)10;1-7-10(6)11(8(2)3)9(4)5;1-2;/h2-4H,1H3,(H,11,12);3-4H,11H2,1-2H3;3-5H,10H2,1-2H3;;;1H. The molecule has 0 bridgehead atoms. The number of methoxy groups -OCH3 is 3. The molecule has 261 valence electrons. The largest absolute Gasteiger partial charge is 0.465 e. The molecular formula is C27H29B11I5N4O6. The van der Waals surface area contributed by atoms with Gasteiger partial charge in [-0.15, -0.1) is 24.0 Å². The van der Waals surface area contributed by atoms with Gasteiger partial charge in [0.25, 0.3) is 0 Å². The molecule has 0 saturated carbocycles. The summed E-state index contributed by atoms with van der Waals surface area (Å²) in [5.41, 5.74) is 17.1. The van der Waals surface area contributed by atoms with E-state index in [1.54, 1.807) is 48.7 Å². The molecule has 1 aromatic heterocycles. The van der Waals surface area contributed by atoms with Gasteiger partial charge in [-0.3, -0.25) is 5.10 Å². The van der Waals surface area contributed by atoms with Crippen molar-refractivity contribution in [2.45, 2.75) is 13.8 Å². The second kappa shape index (κ2) is 28.8. The number of rotatable bonds is 7. The van der Waals surface area contributed by atoms with E-state index in [0.717, 1.165) is 29.2 Å². The van der Waals surface area contributed by atoms with Crippen LogP contribution in [0.1, 0.15) is 42.2 Å². The quantitative estimate of drug-likeness (QED) is 0.0829. The Bertz CT molecular complexity index is 1730. The van der Waals surface area contributed by atoms with E-state index in [9.17, 15) is 14.4 Å². The summed E-state index contributed by atoms with van der Waals surface area (Å²) in [5.74, 6) is -0.995. The third-order valence-corrected chi connectivity index (χ3v) is 8.67. The van der Waals surface area contributed by atoms with Gasteiger partial charge in [0.1, 0.15) is 0 Å². The number of esters is 3. The number of aryl methyl sites for hydroxylation is 2. The molecule has 13 radical (unpaired) electrons. The van der Waals surface area contributed by atoms with Gasteiger partial charge in [-0.05, 0) is 113 Å². The second-order valence-electron chi connectivity index (χ2n) is 10.5. The summed E-state index contributed by atoms with van der Waals surface area (Å²) in [5, 5.41) is 7.68. The third kappa shape index (κ3) is 18.5. The highest BCUT2D eigenvalue weighted by atomic mass is 128. The van der Waals surface area contributed by atoms with Gasteiger partial charge in [-0.25, -0.2) is 14.4 Å². The van der Waals surface area contributed by atoms with Crippen LogP contribution in [-0.2, 0) is 14.2 Å². The molecule has 0 aliphatic heterocycles. The molecule has 0 spiro atoms. The van der Waals surface area contributed by atoms with E-state index >= 15 is 0 Å². The number of anilines is 2. The van der Waals surface area contributed by atoms with E-state index in [1.165, 1.54) is 28.4 Å². The lowest BCUT2D eigenvalue weighted by atomic mass is 8.56. The molecular weight excluding hydrogens is 1230 g/mol. The van der Waals surface area contributed by atoms with Gasteiger partial charge in [0.15, 0.2) is 0 Å². The minimum atomic E-state index is -0.648. The van der Waals surface area contributed by atoms with Crippen molar-refractivity contribution in [1.82, 2.24) is 10.2 Å². The van der Waals surface area contributed by atoms with Crippen LogP contribution in [0.25, 0.3) is 10.9 Å². The number of aromatic amines is 1. The number of fused-ring (bicyclic) bond motifs is 1. The van der Waals surface area contributed by atoms with Crippen LogP contribution < -0.4 is 11.5 Å². The number of ether oxygens (including phenoxy) is 3. The van der Waals surface area contributed by atoms with E-state index in [-0.39, 0.29) is 48.3 Å². The van der Waals surface area contributed by atoms with Crippen LogP contribution >= 0.6 is 106 Å². The third-order valence-electron chi connectivity index (χ3n) is 6.93. The molecule has 0 aliphatic carbocycles. The van der Waals surface area contributed by atoms with E-state index in [0.29, 0.717) is 28.1 Å². The number of hydrogen-bond acceptors (Lipinski definition) is 9. The second-order valence-corrected chi connectivity index (χ2v) is 12.9. The summed E-state index contributed by atoms with van der Waals surface area (Å²) in [6.45, 7) is 3.71. The van der Waals surface area contributed by atoms with Crippen molar-refractivity contribution in [3.63, 3.8) is 0 Å². The first-order chi connectivity index (χ1) is 24.4. The molecule has 26 heteroatoms. The zero-order valence-corrected chi connectivity index (χ0v) is 40.4. The van der Waals surface area contributed by atoms with Crippen molar-refractivity contribution in [2.75, 3.05) is 32.8 Å². The number of H-pyrrole nitrogens is 1. The lowest BCUT2D eigenvalue weighted by Gasteiger charge is -2.25. The summed E-state index contributed by atoms with van der Waals surface area (Å²) in [4.78, 5) is 33.5. The fourth-order valence-electron chi connectivity index (χ4n) is 4.06. The van der Waals surface area contributed by atoms with E-state index in [2.05, 4.69) is 107 Å². The molecule has 0 atom stereocenters. The van der Waals surface area contributed by atoms with Crippen molar-refractivity contribution >= 4 is 226 Å². The maximum absolute atomic E-state index is 11.3. The Hall–Kier alpha value is -0.496. The number of hydrogen-bond donors (Lipinski definition) is 3. The SMILES string of the molecule is COC(=O)c1cc(C)c(N)c(I)c1.COC(=O)c1cc(I)c2[nH]ncc2c1.COC(=O)c1ccc(N)c(C)c1.I.II.[B][B]B([B])B(B([B])[B])B([B])[B]. The van der Waals surface area contributed by atoms with Gasteiger partial charge in [0, 0.05) is 140 Å². The van der Waals surface area contributed by atoms with Crippen LogP contribution in [0, 0.1) is 21.0 Å². The lowest BCUT2D eigenvalue weighted by molar-refractivity contribution is 0.0591. The van der Waals surface area contributed by atoms with Gasteiger partial charge in [-0.1, -0.05) is 0 Å². The number of halogens is 5. The lowest BCUT2D eigenvalue weighted by Crippen LogP contribution is -2.63. The summed E-state index contributed by atoms with van der Waals surface area (Å²) in [6, 6.07) is 12.0. The highest BCUT2D eigenvalue weighted by Crippen LogP contribution is 2.22. The number of nitrogen functional groups attached to an aromatic ring is 2. The Morgan fingerprint density at radius 3 is 1.62 bits per heavy atom. The predicted molar refractivity (Wildman–Crippen MR) is 273 cm³/mol. The van der Waals surface area contributed by atoms with Crippen molar-refractivity contribution < 1.29 is 28.6 Å². The molecule has 4 rings (SSSR count). The maximum Gasteiger partial charge on any atom is 0.337 e. The number of carbonyl (C=O) groups excluding carboxylic acids is 3. The number of nitrogens with one attached hydrogen (secondary N) is 1. The van der Waals surface area contributed by atoms with Crippen molar-refractivity contribution in [1.29, 1.82) is 0 Å². The smallest absolute Gasteiger partial charge is 0.337 e. The van der Waals surface area contributed by atoms with Crippen LogP contribution in [0.4, 0.5) is 11.4 Å². The van der Waals surface area contributed by atoms with Crippen LogP contribution in [0.15, 0.2) is 48.7 Å². The maximum atomic E-state index is 11.3. The van der Waals surface area contributed by atoms with Crippen LogP contribution in [0.3, 0.4) is 0 Å². The number of nitrogens with two attached hydrogens (primary N) is 2. The number of benzene rings is 3. The molecule has 53 heavy (non-hydrogen) atoms. The van der Waals surface area contributed by atoms with Gasteiger partial charge in [0.05, 0.1) is 49.7 Å². The zero-order chi connectivity index (χ0) is 40.3. The first-order valence-corrected chi connectivity index (χ1v) is 23.1. The molecule has 0 aliphatic rings. The zero-order valence-electron chi connectivity index (χ0n) is 29.4. The van der Waals surface area contributed by atoms with Crippen molar-refractivity contribution in [3.05, 3.63) is 83.6 Å². The Labute approximate surface area is 389 Å². The Kier molecular flexibility index (Phi) is 29.7. The fraction of sp³-hybridized carbons (Fsp3) is 0.185. The Morgan fingerprint density at radius 2 is 1.21 bits per heavy atom. The number of aromatic nitrogens is 2. The summed E-state index contributed by atoms with van der Waals surface area (Å²) >= 11 is 8.48. The van der Waals surface area contributed by atoms with E-state index < -0.39 is 19.2 Å². The van der Waals surface area contributed by atoms with Gasteiger partial charge < -0.3 is 25.7 Å². The molecule has 0 saturated heterocycles. The first kappa shape index (κ1) is 54.6. The average Bonchev–Trinajstić information content (AvgIpc) is 3.61. The molecule has 3 aromatic carbocycles. The van der Waals surface area contributed by atoms with E-state index in [1.807, 2.05) is 13.8 Å². The highest BCUT2D eigenvalue weighted by Gasteiger charge is 2.26. The van der Waals surface area contributed by atoms with Gasteiger partial charge in [-0.2, -0.15) is 5.10 Å². The van der Waals surface area contributed by atoms with Gasteiger partial charge >= 0.3 is 17.9 Å². The molecule has 0 unspecified atom stereocenters. The highest BCUT2D eigenvalue weighted by molar-refractivity contribution is 15.0. The Balaban J connectivity index is 0. The van der Waals surface area contributed by atoms with Crippen molar-refractivity contribution in [2.24, 2.45) is 0 Å². The topological polar surface area (TPSA) is 160 Å². The van der Waals surface area contributed by atoms with Crippen LogP contribution in [0.5, 0.6) is 0 Å². The molecule has 10 nitrogen and oxygen atoms in total. The summed E-state index contributed by atoms with van der Waals surface area (Å²) in [6.07, 6.45) is -0.464. The molecule has 5 N–H and O–H groups in total. The normalized spacial score (nSPS) is 9.15. The summed E-state index contributed by atoms with van der Waals surface area (Å²) < 4.78 is 15.6. The summed E-state index contributed by atoms with van der Waals surface area (Å²) in [7, 11) is 37.6. The molecule has 0 amide bonds. The minimum absolute atomic E-state index is 0. The molecule has 4 aromatic rings. The molecule has 1 heterocycles. The first-order valence-electron chi connectivity index (χ1n) is 14.7. The molecule has 0 fully saturated rings. The minimum Gasteiger partial charge on any atom is -0.465 e. The monoisotopic (exact) mass is 1260 g/mol. The fourth-order valence-corrected chi connectivity index (χ4v) is 5.59. The van der Waals surface area contributed by atoms with E-state index in [4.69, 9.17) is 57.9 Å². The average molecular weight is 1260 g/mol. The van der Waals surface area contributed by atoms with Gasteiger partial charge in [0.2, 0.25) is 0 Å². The van der Waals surface area contributed by atoms with Crippen LogP contribution in [0.2, 0.25) is 0 Å². The Morgan fingerprint density at radius 1 is 0.755 bits per heavy atom. The van der Waals surface area contributed by atoms with Crippen LogP contribution in [-0.4, -0.2) is 128 Å². The van der Waals surface area contributed by atoms with Crippen molar-refractivity contribution in [3.8, 4) is 0 Å².